The van der Waals surface area contributed by atoms with Crippen LogP contribution in [0, 0.1) is 6.92 Å². The molecule has 0 saturated heterocycles. The SMILES string of the molecule is CCCN(CCBr)C(=O)c1ccc(C)s1. The molecule has 15 heavy (non-hydrogen) atoms. The van der Waals surface area contributed by atoms with E-state index >= 15 is 0 Å². The van der Waals surface area contributed by atoms with Crippen molar-refractivity contribution in [3.63, 3.8) is 0 Å². The highest BCUT2D eigenvalue weighted by molar-refractivity contribution is 9.09. The van der Waals surface area contributed by atoms with E-state index in [9.17, 15) is 4.79 Å². The smallest absolute Gasteiger partial charge is 0.263 e. The lowest BCUT2D eigenvalue weighted by Crippen LogP contribution is -2.32. The average Bonchev–Trinajstić information content (AvgIpc) is 2.63. The van der Waals surface area contributed by atoms with E-state index in [4.69, 9.17) is 0 Å². The van der Waals surface area contributed by atoms with Crippen LogP contribution in [-0.4, -0.2) is 29.2 Å². The molecule has 0 aliphatic rings. The summed E-state index contributed by atoms with van der Waals surface area (Å²) >= 11 is 4.94. The van der Waals surface area contributed by atoms with Crippen molar-refractivity contribution in [2.24, 2.45) is 0 Å². The van der Waals surface area contributed by atoms with Gasteiger partial charge in [-0.25, -0.2) is 0 Å². The summed E-state index contributed by atoms with van der Waals surface area (Å²) in [5.74, 6) is 0.161. The lowest BCUT2D eigenvalue weighted by atomic mass is 10.3. The third kappa shape index (κ3) is 3.61. The van der Waals surface area contributed by atoms with Crippen LogP contribution in [0.4, 0.5) is 0 Å². The van der Waals surface area contributed by atoms with Gasteiger partial charge >= 0.3 is 0 Å². The van der Waals surface area contributed by atoms with Crippen LogP contribution >= 0.6 is 27.3 Å². The standard InChI is InChI=1S/C11H16BrNOS/c1-3-7-13(8-6-12)11(14)10-5-4-9(2)15-10/h4-5H,3,6-8H2,1-2H3. The van der Waals surface area contributed by atoms with Gasteiger partial charge in [0.15, 0.2) is 0 Å². The van der Waals surface area contributed by atoms with E-state index in [1.807, 2.05) is 24.0 Å². The van der Waals surface area contributed by atoms with Crippen molar-refractivity contribution in [3.8, 4) is 0 Å². The van der Waals surface area contributed by atoms with Crippen LogP contribution in [0.2, 0.25) is 0 Å². The third-order valence-electron chi connectivity index (χ3n) is 2.09. The molecule has 0 radical (unpaired) electrons. The lowest BCUT2D eigenvalue weighted by molar-refractivity contribution is 0.0771. The number of thiophene rings is 1. The molecule has 0 unspecified atom stereocenters. The van der Waals surface area contributed by atoms with Crippen LogP contribution in [0.25, 0.3) is 0 Å². The second-order valence-electron chi connectivity index (χ2n) is 3.39. The molecule has 0 fully saturated rings. The largest absolute Gasteiger partial charge is 0.337 e. The van der Waals surface area contributed by atoms with Crippen molar-refractivity contribution in [2.75, 3.05) is 18.4 Å². The Bertz CT molecular complexity index is 318. The molecule has 4 heteroatoms. The zero-order chi connectivity index (χ0) is 11.3. The molecule has 84 valence electrons. The maximum absolute atomic E-state index is 12.1. The van der Waals surface area contributed by atoms with Crippen molar-refractivity contribution in [1.82, 2.24) is 4.90 Å². The average molecular weight is 290 g/mol. The number of hydrogen-bond acceptors (Lipinski definition) is 2. The first-order valence-corrected chi connectivity index (χ1v) is 7.04. The minimum absolute atomic E-state index is 0.161. The number of hydrogen-bond donors (Lipinski definition) is 0. The molecular weight excluding hydrogens is 274 g/mol. The van der Waals surface area contributed by atoms with Crippen LogP contribution in [0.5, 0.6) is 0 Å². The fourth-order valence-corrected chi connectivity index (χ4v) is 2.66. The summed E-state index contributed by atoms with van der Waals surface area (Å²) < 4.78 is 0. The molecule has 2 nitrogen and oxygen atoms in total. The van der Waals surface area contributed by atoms with E-state index < -0.39 is 0 Å². The van der Waals surface area contributed by atoms with Crippen LogP contribution in [0.3, 0.4) is 0 Å². The van der Waals surface area contributed by atoms with Gasteiger partial charge in [0, 0.05) is 23.3 Å². The van der Waals surface area contributed by atoms with Gasteiger partial charge in [-0.15, -0.1) is 11.3 Å². The topological polar surface area (TPSA) is 20.3 Å². The Labute approximate surface area is 103 Å². The van der Waals surface area contributed by atoms with Crippen LogP contribution in [0.15, 0.2) is 12.1 Å². The van der Waals surface area contributed by atoms with Crippen molar-refractivity contribution in [3.05, 3.63) is 21.9 Å². The Balaban J connectivity index is 2.71. The van der Waals surface area contributed by atoms with Gasteiger partial charge in [0.05, 0.1) is 4.88 Å². The number of halogens is 1. The summed E-state index contributed by atoms with van der Waals surface area (Å²) in [6.45, 7) is 5.73. The number of amides is 1. The molecular formula is C11H16BrNOS. The molecule has 1 amide bonds. The van der Waals surface area contributed by atoms with E-state index in [-0.39, 0.29) is 5.91 Å². The second-order valence-corrected chi connectivity index (χ2v) is 5.47. The minimum atomic E-state index is 0.161. The van der Waals surface area contributed by atoms with E-state index in [0.717, 1.165) is 29.7 Å². The Hall–Kier alpha value is -0.350. The van der Waals surface area contributed by atoms with Crippen molar-refractivity contribution in [2.45, 2.75) is 20.3 Å². The van der Waals surface area contributed by atoms with Crippen LogP contribution in [0.1, 0.15) is 27.9 Å². The van der Waals surface area contributed by atoms with Crippen LogP contribution in [-0.2, 0) is 0 Å². The number of aryl methyl sites for hydroxylation is 1. The van der Waals surface area contributed by atoms with Crippen molar-refractivity contribution >= 4 is 33.2 Å². The molecule has 0 saturated carbocycles. The van der Waals surface area contributed by atoms with E-state index in [1.165, 1.54) is 4.88 Å². The van der Waals surface area contributed by atoms with Gasteiger partial charge in [-0.2, -0.15) is 0 Å². The molecule has 1 aromatic heterocycles. The zero-order valence-electron chi connectivity index (χ0n) is 9.12. The highest BCUT2D eigenvalue weighted by Crippen LogP contribution is 2.17. The van der Waals surface area contributed by atoms with Gasteiger partial charge in [-0.05, 0) is 25.5 Å². The molecule has 0 aliphatic carbocycles. The molecule has 0 N–H and O–H groups in total. The summed E-state index contributed by atoms with van der Waals surface area (Å²) in [7, 11) is 0. The maximum atomic E-state index is 12.1. The first kappa shape index (κ1) is 12.7. The first-order valence-electron chi connectivity index (χ1n) is 5.10. The highest BCUT2D eigenvalue weighted by Gasteiger charge is 2.15. The predicted molar refractivity (Wildman–Crippen MR) is 69.0 cm³/mol. The van der Waals surface area contributed by atoms with Gasteiger partial charge < -0.3 is 4.90 Å². The molecule has 0 bridgehead atoms. The minimum Gasteiger partial charge on any atom is -0.337 e. The molecule has 1 aromatic rings. The quantitative estimate of drug-likeness (QED) is 0.762. The molecule has 0 aliphatic heterocycles. The lowest BCUT2D eigenvalue weighted by Gasteiger charge is -2.20. The van der Waals surface area contributed by atoms with E-state index in [0.29, 0.717) is 0 Å². The van der Waals surface area contributed by atoms with Crippen molar-refractivity contribution < 1.29 is 4.79 Å². The monoisotopic (exact) mass is 289 g/mol. The number of carbonyl (C=O) groups is 1. The van der Waals surface area contributed by atoms with Gasteiger partial charge in [0.2, 0.25) is 0 Å². The first-order chi connectivity index (χ1) is 7.19. The van der Waals surface area contributed by atoms with E-state index in [1.54, 1.807) is 11.3 Å². The molecule has 0 spiro atoms. The fourth-order valence-electron chi connectivity index (χ4n) is 1.39. The van der Waals surface area contributed by atoms with Gasteiger partial charge in [0.1, 0.15) is 0 Å². The number of nitrogens with zero attached hydrogens (tertiary/aromatic N) is 1. The summed E-state index contributed by atoms with van der Waals surface area (Å²) in [5, 5.41) is 0.836. The summed E-state index contributed by atoms with van der Waals surface area (Å²) in [6, 6.07) is 3.91. The number of rotatable bonds is 5. The Kier molecular flexibility index (Phi) is 5.32. The summed E-state index contributed by atoms with van der Waals surface area (Å²) in [6.07, 6.45) is 1.00. The predicted octanol–water partition coefficient (Wildman–Crippen LogP) is 3.30. The van der Waals surface area contributed by atoms with Gasteiger partial charge in [0.25, 0.3) is 5.91 Å². The number of carbonyl (C=O) groups excluding carboxylic acids is 1. The number of alkyl halides is 1. The van der Waals surface area contributed by atoms with Crippen LogP contribution < -0.4 is 0 Å². The zero-order valence-corrected chi connectivity index (χ0v) is 11.5. The second kappa shape index (κ2) is 6.28. The Morgan fingerprint density at radius 1 is 1.47 bits per heavy atom. The third-order valence-corrected chi connectivity index (χ3v) is 3.43. The molecule has 1 rings (SSSR count). The molecule has 0 aromatic carbocycles. The van der Waals surface area contributed by atoms with Crippen molar-refractivity contribution in [1.29, 1.82) is 0 Å². The highest BCUT2D eigenvalue weighted by atomic mass is 79.9. The maximum Gasteiger partial charge on any atom is 0.263 e. The van der Waals surface area contributed by atoms with Gasteiger partial charge in [-0.3, -0.25) is 4.79 Å². The molecule has 1 heterocycles. The van der Waals surface area contributed by atoms with Gasteiger partial charge in [-0.1, -0.05) is 22.9 Å². The Morgan fingerprint density at radius 2 is 2.20 bits per heavy atom. The fraction of sp³-hybridized carbons (Fsp3) is 0.545. The summed E-state index contributed by atoms with van der Waals surface area (Å²) in [5.41, 5.74) is 0. The molecule has 0 atom stereocenters. The normalized spacial score (nSPS) is 10.3. The summed E-state index contributed by atoms with van der Waals surface area (Å²) in [4.78, 5) is 16.0. The Morgan fingerprint density at radius 3 is 2.67 bits per heavy atom. The van der Waals surface area contributed by atoms with E-state index in [2.05, 4.69) is 22.9 Å².